The van der Waals surface area contributed by atoms with Crippen LogP contribution in [0.3, 0.4) is 0 Å². The second-order valence-electron chi connectivity index (χ2n) is 5.35. The molecule has 1 aromatic carbocycles. The van der Waals surface area contributed by atoms with Gasteiger partial charge in [-0.25, -0.2) is 0 Å². The van der Waals surface area contributed by atoms with Gasteiger partial charge in [-0.2, -0.15) is 5.26 Å². The standard InChI is InChI=1S/C15H18N2O2/c1-15(2,10-16)14(18)17(3)12-6-7-13-11(9-12)5-4-8-19-13/h6-7,9H,4-5,8H2,1-3H3. The van der Waals surface area contributed by atoms with Crippen LogP contribution in [0, 0.1) is 16.7 Å². The van der Waals surface area contributed by atoms with E-state index in [1.165, 1.54) is 4.90 Å². The summed E-state index contributed by atoms with van der Waals surface area (Å²) in [5, 5.41) is 9.03. The summed E-state index contributed by atoms with van der Waals surface area (Å²) in [7, 11) is 1.70. The molecule has 4 heteroatoms. The van der Waals surface area contributed by atoms with E-state index in [0.717, 1.165) is 36.4 Å². The molecule has 19 heavy (non-hydrogen) atoms. The highest BCUT2D eigenvalue weighted by atomic mass is 16.5. The molecule has 0 aliphatic carbocycles. The molecular formula is C15H18N2O2. The zero-order valence-electron chi connectivity index (χ0n) is 11.6. The maximum Gasteiger partial charge on any atom is 0.246 e. The van der Waals surface area contributed by atoms with E-state index in [1.807, 2.05) is 24.3 Å². The Morgan fingerprint density at radius 3 is 2.89 bits per heavy atom. The molecule has 1 amide bonds. The SMILES string of the molecule is CN(C(=O)C(C)(C)C#N)c1ccc2c(c1)CCCO2. The Morgan fingerprint density at radius 1 is 1.47 bits per heavy atom. The number of nitriles is 1. The number of ether oxygens (including phenoxy) is 1. The average Bonchev–Trinajstić information content (AvgIpc) is 2.45. The lowest BCUT2D eigenvalue weighted by Crippen LogP contribution is -2.37. The molecule has 1 aliphatic heterocycles. The van der Waals surface area contributed by atoms with Gasteiger partial charge in [-0.3, -0.25) is 4.79 Å². The number of hydrogen-bond donors (Lipinski definition) is 0. The largest absolute Gasteiger partial charge is 0.493 e. The van der Waals surface area contributed by atoms with Crippen molar-refractivity contribution in [3.8, 4) is 11.8 Å². The second kappa shape index (κ2) is 4.93. The second-order valence-corrected chi connectivity index (χ2v) is 5.35. The summed E-state index contributed by atoms with van der Waals surface area (Å²) in [6.45, 7) is 4.02. The molecule has 0 aromatic heterocycles. The monoisotopic (exact) mass is 258 g/mol. The van der Waals surface area contributed by atoms with Crippen LogP contribution in [0.2, 0.25) is 0 Å². The van der Waals surface area contributed by atoms with Crippen molar-refractivity contribution >= 4 is 11.6 Å². The minimum absolute atomic E-state index is 0.202. The molecule has 1 aliphatic rings. The van der Waals surface area contributed by atoms with E-state index < -0.39 is 5.41 Å². The van der Waals surface area contributed by atoms with Gasteiger partial charge in [0.25, 0.3) is 0 Å². The van der Waals surface area contributed by atoms with Gasteiger partial charge in [0.1, 0.15) is 11.2 Å². The van der Waals surface area contributed by atoms with Gasteiger partial charge in [0.05, 0.1) is 12.7 Å². The van der Waals surface area contributed by atoms with Crippen LogP contribution in [-0.2, 0) is 11.2 Å². The van der Waals surface area contributed by atoms with Crippen LogP contribution in [0.25, 0.3) is 0 Å². The lowest BCUT2D eigenvalue weighted by atomic mass is 9.93. The van der Waals surface area contributed by atoms with Crippen molar-refractivity contribution in [2.24, 2.45) is 5.41 Å². The third kappa shape index (κ3) is 2.55. The first-order valence-electron chi connectivity index (χ1n) is 6.41. The highest BCUT2D eigenvalue weighted by Crippen LogP contribution is 2.30. The summed E-state index contributed by atoms with van der Waals surface area (Å²) < 4.78 is 5.55. The quantitative estimate of drug-likeness (QED) is 0.819. The maximum atomic E-state index is 12.2. The number of carbonyl (C=O) groups is 1. The average molecular weight is 258 g/mol. The van der Waals surface area contributed by atoms with E-state index >= 15 is 0 Å². The number of hydrogen-bond acceptors (Lipinski definition) is 3. The fourth-order valence-electron chi connectivity index (χ4n) is 2.14. The van der Waals surface area contributed by atoms with E-state index in [2.05, 4.69) is 0 Å². The third-order valence-electron chi connectivity index (χ3n) is 3.40. The fourth-order valence-corrected chi connectivity index (χ4v) is 2.14. The van der Waals surface area contributed by atoms with Gasteiger partial charge in [0.2, 0.25) is 5.91 Å². The number of rotatable bonds is 2. The maximum absolute atomic E-state index is 12.2. The number of anilines is 1. The number of fused-ring (bicyclic) bond motifs is 1. The van der Waals surface area contributed by atoms with Gasteiger partial charge in [-0.05, 0) is 50.5 Å². The van der Waals surface area contributed by atoms with E-state index in [1.54, 1.807) is 20.9 Å². The number of amides is 1. The van der Waals surface area contributed by atoms with Gasteiger partial charge in [-0.1, -0.05) is 0 Å². The zero-order valence-corrected chi connectivity index (χ0v) is 11.6. The highest BCUT2D eigenvalue weighted by Gasteiger charge is 2.31. The minimum atomic E-state index is -1.01. The molecule has 0 atom stereocenters. The topological polar surface area (TPSA) is 53.3 Å². The summed E-state index contributed by atoms with van der Waals surface area (Å²) in [4.78, 5) is 13.8. The van der Waals surface area contributed by atoms with Crippen LogP contribution in [0.4, 0.5) is 5.69 Å². The molecule has 0 radical (unpaired) electrons. The molecule has 0 fully saturated rings. The summed E-state index contributed by atoms with van der Waals surface area (Å²) in [5.74, 6) is 0.696. The predicted molar refractivity (Wildman–Crippen MR) is 73.1 cm³/mol. The van der Waals surface area contributed by atoms with E-state index in [4.69, 9.17) is 10.00 Å². The molecule has 0 saturated carbocycles. The van der Waals surface area contributed by atoms with E-state index in [-0.39, 0.29) is 5.91 Å². The number of nitrogens with zero attached hydrogens (tertiary/aromatic N) is 2. The number of carbonyl (C=O) groups excluding carboxylic acids is 1. The van der Waals surface area contributed by atoms with Gasteiger partial charge >= 0.3 is 0 Å². The van der Waals surface area contributed by atoms with E-state index in [9.17, 15) is 4.79 Å². The molecule has 1 aromatic rings. The van der Waals surface area contributed by atoms with Crippen molar-refractivity contribution in [1.29, 1.82) is 5.26 Å². The Labute approximate surface area is 113 Å². The van der Waals surface area contributed by atoms with Crippen LogP contribution >= 0.6 is 0 Å². The molecule has 0 spiro atoms. The molecular weight excluding hydrogens is 240 g/mol. The molecule has 0 saturated heterocycles. The van der Waals surface area contributed by atoms with Gasteiger partial charge in [-0.15, -0.1) is 0 Å². The Hall–Kier alpha value is -2.02. The van der Waals surface area contributed by atoms with Crippen LogP contribution in [0.1, 0.15) is 25.8 Å². The van der Waals surface area contributed by atoms with Gasteiger partial charge < -0.3 is 9.64 Å². The van der Waals surface area contributed by atoms with Crippen molar-refractivity contribution < 1.29 is 9.53 Å². The molecule has 4 nitrogen and oxygen atoms in total. The van der Waals surface area contributed by atoms with Crippen molar-refractivity contribution in [3.05, 3.63) is 23.8 Å². The summed E-state index contributed by atoms with van der Waals surface area (Å²) in [6.07, 6.45) is 1.96. The van der Waals surface area contributed by atoms with Crippen molar-refractivity contribution in [3.63, 3.8) is 0 Å². The first-order chi connectivity index (χ1) is 8.95. The van der Waals surface area contributed by atoms with Crippen LogP contribution in [-0.4, -0.2) is 19.6 Å². The lowest BCUT2D eigenvalue weighted by Gasteiger charge is -2.26. The Kier molecular flexibility index (Phi) is 3.48. The number of benzene rings is 1. The van der Waals surface area contributed by atoms with Crippen LogP contribution in [0.15, 0.2) is 18.2 Å². The zero-order chi connectivity index (χ0) is 14.0. The van der Waals surface area contributed by atoms with Crippen molar-refractivity contribution in [2.75, 3.05) is 18.6 Å². The normalized spacial score (nSPS) is 14.0. The minimum Gasteiger partial charge on any atom is -0.493 e. The first kappa shape index (κ1) is 13.4. The first-order valence-corrected chi connectivity index (χ1v) is 6.41. The summed E-state index contributed by atoms with van der Waals surface area (Å²) in [6, 6.07) is 7.76. The summed E-state index contributed by atoms with van der Waals surface area (Å²) >= 11 is 0. The third-order valence-corrected chi connectivity index (χ3v) is 3.40. The highest BCUT2D eigenvalue weighted by molar-refractivity contribution is 5.98. The van der Waals surface area contributed by atoms with Crippen LogP contribution in [0.5, 0.6) is 5.75 Å². The Bertz CT molecular complexity index is 544. The fraction of sp³-hybridized carbons (Fsp3) is 0.467. The molecule has 0 bridgehead atoms. The van der Waals surface area contributed by atoms with Gasteiger partial charge in [0, 0.05) is 12.7 Å². The smallest absolute Gasteiger partial charge is 0.246 e. The molecule has 1 heterocycles. The number of aryl methyl sites for hydroxylation is 1. The molecule has 0 unspecified atom stereocenters. The predicted octanol–water partition coefficient (Wildman–Crippen LogP) is 2.52. The summed E-state index contributed by atoms with van der Waals surface area (Å²) in [5.41, 5.74) is 0.914. The van der Waals surface area contributed by atoms with E-state index in [0.29, 0.717) is 0 Å². The van der Waals surface area contributed by atoms with Gasteiger partial charge in [0.15, 0.2) is 0 Å². The van der Waals surface area contributed by atoms with Crippen molar-refractivity contribution in [1.82, 2.24) is 0 Å². The Morgan fingerprint density at radius 2 is 2.21 bits per heavy atom. The molecule has 2 rings (SSSR count). The van der Waals surface area contributed by atoms with Crippen LogP contribution < -0.4 is 9.64 Å². The Balaban J connectivity index is 2.27. The van der Waals surface area contributed by atoms with Crippen molar-refractivity contribution in [2.45, 2.75) is 26.7 Å². The molecule has 100 valence electrons. The molecule has 0 N–H and O–H groups in total. The lowest BCUT2D eigenvalue weighted by molar-refractivity contribution is -0.123.